The van der Waals surface area contributed by atoms with E-state index in [1.54, 1.807) is 0 Å². The van der Waals surface area contributed by atoms with E-state index >= 15 is 0 Å². The third kappa shape index (κ3) is 4.59. The molecule has 0 saturated heterocycles. The molecule has 2 heteroatoms. The van der Waals surface area contributed by atoms with Gasteiger partial charge in [-0.1, -0.05) is 83.5 Å². The van der Waals surface area contributed by atoms with Crippen molar-refractivity contribution >= 4 is 28.7 Å². The summed E-state index contributed by atoms with van der Waals surface area (Å²) in [4.78, 5) is 2.25. The first-order valence-corrected chi connectivity index (χ1v) is 10.2. The van der Waals surface area contributed by atoms with Gasteiger partial charge in [-0.2, -0.15) is 0 Å². The van der Waals surface area contributed by atoms with E-state index in [2.05, 4.69) is 101 Å². The van der Waals surface area contributed by atoms with Crippen LogP contribution in [0, 0.1) is 0 Å². The Balaban J connectivity index is 2.08. The maximum Gasteiger partial charge on any atom is 0.0476 e. The minimum Gasteiger partial charge on any atom is -0.310 e. The van der Waals surface area contributed by atoms with Gasteiger partial charge in [-0.15, -0.1) is 0 Å². The molecular weight excluding hydrogens is 362 g/mol. The largest absolute Gasteiger partial charge is 0.310 e. The molecule has 3 aromatic carbocycles. The van der Waals surface area contributed by atoms with Crippen molar-refractivity contribution in [2.24, 2.45) is 0 Å². The van der Waals surface area contributed by atoms with Crippen LogP contribution in [-0.2, 0) is 10.8 Å². The summed E-state index contributed by atoms with van der Waals surface area (Å²) < 4.78 is 0. The zero-order valence-corrected chi connectivity index (χ0v) is 18.5. The third-order valence-corrected chi connectivity index (χ3v) is 5.28. The summed E-state index contributed by atoms with van der Waals surface area (Å²) in [5.41, 5.74) is 6.22. The normalized spacial score (nSPS) is 12.1. The smallest absolute Gasteiger partial charge is 0.0476 e. The quantitative estimate of drug-likeness (QED) is 0.433. The van der Waals surface area contributed by atoms with Crippen LogP contribution in [0.5, 0.6) is 0 Å². The molecule has 0 aliphatic heterocycles. The molecule has 0 radical (unpaired) electrons. The van der Waals surface area contributed by atoms with Gasteiger partial charge in [-0.05, 0) is 64.4 Å². The van der Waals surface area contributed by atoms with Gasteiger partial charge in [0.15, 0.2) is 0 Å². The maximum atomic E-state index is 6.31. The summed E-state index contributed by atoms with van der Waals surface area (Å²) in [6.07, 6.45) is 0. The fraction of sp³-hybridized carbons (Fsp3) is 0.308. The molecule has 1 nitrogen and oxygen atoms in total. The zero-order valence-electron chi connectivity index (χ0n) is 17.8. The number of hydrogen-bond donors (Lipinski definition) is 0. The van der Waals surface area contributed by atoms with Crippen LogP contribution in [0.3, 0.4) is 0 Å². The molecule has 3 rings (SSSR count). The minimum absolute atomic E-state index is 0.133. The highest BCUT2D eigenvalue weighted by Crippen LogP contribution is 2.37. The summed E-state index contributed by atoms with van der Waals surface area (Å²) in [5, 5.41) is 0.736. The van der Waals surface area contributed by atoms with Gasteiger partial charge in [0.25, 0.3) is 0 Å². The SMILES string of the molecule is CC(C)(C)c1ccc(N(c2ccc(C(C)(C)C)cc2)c2cccc(Cl)c2)cc1. The van der Waals surface area contributed by atoms with Crippen molar-refractivity contribution in [3.8, 4) is 0 Å². The van der Waals surface area contributed by atoms with E-state index < -0.39 is 0 Å². The Morgan fingerprint density at radius 2 is 1.00 bits per heavy atom. The molecule has 0 aliphatic carbocycles. The van der Waals surface area contributed by atoms with Gasteiger partial charge < -0.3 is 4.90 Å². The van der Waals surface area contributed by atoms with Gasteiger partial charge in [-0.3, -0.25) is 0 Å². The number of benzene rings is 3. The summed E-state index contributed by atoms with van der Waals surface area (Å²) in [7, 11) is 0. The lowest BCUT2D eigenvalue weighted by Crippen LogP contribution is -2.14. The minimum atomic E-state index is 0.133. The number of nitrogens with zero attached hydrogens (tertiary/aromatic N) is 1. The summed E-state index contributed by atoms with van der Waals surface area (Å²) in [5.74, 6) is 0. The number of hydrogen-bond acceptors (Lipinski definition) is 1. The van der Waals surface area contributed by atoms with Gasteiger partial charge in [0.2, 0.25) is 0 Å². The first kappa shape index (κ1) is 20.5. The lowest BCUT2D eigenvalue weighted by Gasteiger charge is -2.28. The van der Waals surface area contributed by atoms with E-state index in [4.69, 9.17) is 11.6 Å². The highest BCUT2D eigenvalue weighted by Gasteiger charge is 2.18. The second kappa shape index (κ2) is 7.64. The molecule has 0 aliphatic rings. The molecule has 146 valence electrons. The fourth-order valence-corrected chi connectivity index (χ4v) is 3.47. The Labute approximate surface area is 175 Å². The lowest BCUT2D eigenvalue weighted by atomic mass is 9.86. The standard InChI is InChI=1S/C26H30ClN/c1-25(2,3)19-10-14-22(15-11-19)28(24-9-7-8-21(27)18-24)23-16-12-20(13-17-23)26(4,5)6/h7-18H,1-6H3. The van der Waals surface area contributed by atoms with Crippen molar-refractivity contribution in [3.63, 3.8) is 0 Å². The molecule has 0 N–H and O–H groups in total. The zero-order chi connectivity index (χ0) is 20.5. The van der Waals surface area contributed by atoms with Crippen molar-refractivity contribution in [2.45, 2.75) is 52.4 Å². The third-order valence-electron chi connectivity index (χ3n) is 5.05. The van der Waals surface area contributed by atoms with Crippen LogP contribution in [0.4, 0.5) is 17.1 Å². The topological polar surface area (TPSA) is 3.24 Å². The summed E-state index contributed by atoms with van der Waals surface area (Å²) >= 11 is 6.31. The molecule has 0 bridgehead atoms. The number of anilines is 3. The molecule has 28 heavy (non-hydrogen) atoms. The van der Waals surface area contributed by atoms with Crippen LogP contribution < -0.4 is 4.90 Å². The van der Waals surface area contributed by atoms with Gasteiger partial charge in [0.1, 0.15) is 0 Å². The van der Waals surface area contributed by atoms with Crippen molar-refractivity contribution in [1.82, 2.24) is 0 Å². The van der Waals surface area contributed by atoms with Gasteiger partial charge in [0.05, 0.1) is 0 Å². The van der Waals surface area contributed by atoms with Crippen LogP contribution in [0.2, 0.25) is 5.02 Å². The van der Waals surface area contributed by atoms with Crippen molar-refractivity contribution in [2.75, 3.05) is 4.90 Å². The number of halogens is 1. The molecule has 0 aromatic heterocycles. The van der Waals surface area contributed by atoms with E-state index in [9.17, 15) is 0 Å². The molecule has 0 heterocycles. The first-order chi connectivity index (χ1) is 13.1. The maximum absolute atomic E-state index is 6.31. The molecule has 0 atom stereocenters. The Bertz CT molecular complexity index is 868. The Morgan fingerprint density at radius 3 is 1.36 bits per heavy atom. The van der Waals surface area contributed by atoms with Crippen molar-refractivity contribution in [1.29, 1.82) is 0 Å². The molecule has 0 spiro atoms. The first-order valence-electron chi connectivity index (χ1n) is 9.82. The van der Waals surface area contributed by atoms with E-state index in [1.807, 2.05) is 18.2 Å². The van der Waals surface area contributed by atoms with Crippen LogP contribution in [0.25, 0.3) is 0 Å². The molecule has 3 aromatic rings. The highest BCUT2D eigenvalue weighted by atomic mass is 35.5. The number of rotatable bonds is 3. The Kier molecular flexibility index (Phi) is 5.59. The van der Waals surface area contributed by atoms with Crippen LogP contribution in [-0.4, -0.2) is 0 Å². The molecule has 0 unspecified atom stereocenters. The van der Waals surface area contributed by atoms with E-state index in [0.29, 0.717) is 0 Å². The fourth-order valence-electron chi connectivity index (χ4n) is 3.28. The van der Waals surface area contributed by atoms with Crippen LogP contribution in [0.1, 0.15) is 52.7 Å². The van der Waals surface area contributed by atoms with E-state index in [1.165, 1.54) is 11.1 Å². The summed E-state index contributed by atoms with van der Waals surface area (Å²) in [6, 6.07) is 25.7. The lowest BCUT2D eigenvalue weighted by molar-refractivity contribution is 0.590. The molecular formula is C26H30ClN. The predicted octanol–water partition coefficient (Wildman–Crippen LogP) is 8.40. The summed E-state index contributed by atoms with van der Waals surface area (Å²) in [6.45, 7) is 13.4. The second-order valence-corrected chi connectivity index (χ2v) is 9.85. The Morgan fingerprint density at radius 1 is 0.571 bits per heavy atom. The van der Waals surface area contributed by atoms with Crippen LogP contribution >= 0.6 is 11.6 Å². The predicted molar refractivity (Wildman–Crippen MR) is 124 cm³/mol. The molecule has 0 amide bonds. The molecule has 0 saturated carbocycles. The average molecular weight is 392 g/mol. The second-order valence-electron chi connectivity index (χ2n) is 9.41. The van der Waals surface area contributed by atoms with Gasteiger partial charge in [0, 0.05) is 22.1 Å². The molecule has 0 fully saturated rings. The monoisotopic (exact) mass is 391 g/mol. The van der Waals surface area contributed by atoms with Gasteiger partial charge >= 0.3 is 0 Å². The highest BCUT2D eigenvalue weighted by molar-refractivity contribution is 6.30. The Hall–Kier alpha value is -2.25. The van der Waals surface area contributed by atoms with Crippen molar-refractivity contribution in [3.05, 3.63) is 88.9 Å². The van der Waals surface area contributed by atoms with E-state index in [-0.39, 0.29) is 10.8 Å². The van der Waals surface area contributed by atoms with Crippen LogP contribution in [0.15, 0.2) is 72.8 Å². The van der Waals surface area contributed by atoms with Gasteiger partial charge in [-0.25, -0.2) is 0 Å². The average Bonchev–Trinajstić information content (AvgIpc) is 2.61. The van der Waals surface area contributed by atoms with E-state index in [0.717, 1.165) is 22.1 Å². The van der Waals surface area contributed by atoms with Crippen molar-refractivity contribution < 1.29 is 0 Å².